The van der Waals surface area contributed by atoms with Crippen LogP contribution in [0.1, 0.15) is 45.6 Å². The lowest BCUT2D eigenvalue weighted by molar-refractivity contribution is -0.143. The predicted molar refractivity (Wildman–Crippen MR) is 145 cm³/mol. The molecule has 0 aliphatic rings. The van der Waals surface area contributed by atoms with Crippen LogP contribution in [0, 0.1) is 6.92 Å². The third-order valence-corrected chi connectivity index (χ3v) is 6.74. The minimum absolute atomic E-state index is 0.0267. The normalized spacial score (nSPS) is 12.7. The zero-order chi connectivity index (χ0) is 30.7. The topological polar surface area (TPSA) is 75.2 Å². The standard InChI is InChI=1S/C30H26F6N4O2/c1-18-11-12-37-28(38-18)39-26(41)10-9-25(14-19-7-8-20-5-3-4-6-21(20)13-19)40(2)27(42)22-15-23(29(31,32)33)17-24(16-22)30(34,35)36/h3-8,11-13,15-17,25H,9-10,14H2,1-2H3,(H,37,38,39,41). The van der Waals surface area contributed by atoms with Crippen LogP contribution < -0.4 is 5.32 Å². The number of likely N-dealkylation sites (N-methyl/N-ethyl adjacent to an activating group) is 1. The van der Waals surface area contributed by atoms with E-state index in [1.165, 1.54) is 13.2 Å². The second-order valence-corrected chi connectivity index (χ2v) is 9.86. The Kier molecular flexibility index (Phi) is 8.83. The molecule has 0 aliphatic carbocycles. The number of halogens is 6. The van der Waals surface area contributed by atoms with Crippen molar-refractivity contribution < 1.29 is 35.9 Å². The molecule has 0 radical (unpaired) electrons. The van der Waals surface area contributed by atoms with E-state index < -0.39 is 46.9 Å². The highest BCUT2D eigenvalue weighted by Crippen LogP contribution is 2.36. The number of hydrogen-bond donors (Lipinski definition) is 1. The molecule has 0 bridgehead atoms. The first kappa shape index (κ1) is 30.5. The molecular weight excluding hydrogens is 562 g/mol. The Balaban J connectivity index is 1.63. The zero-order valence-electron chi connectivity index (χ0n) is 22.6. The number of aromatic nitrogens is 2. The van der Waals surface area contributed by atoms with Gasteiger partial charge < -0.3 is 4.90 Å². The van der Waals surface area contributed by atoms with E-state index in [2.05, 4.69) is 15.3 Å². The number of aryl methyl sites for hydroxylation is 1. The number of benzene rings is 3. The second kappa shape index (κ2) is 12.2. The average Bonchev–Trinajstić information content (AvgIpc) is 2.93. The van der Waals surface area contributed by atoms with Gasteiger partial charge in [0.15, 0.2) is 0 Å². The Morgan fingerprint density at radius 1 is 0.881 bits per heavy atom. The molecule has 0 saturated heterocycles. The molecule has 3 aromatic carbocycles. The van der Waals surface area contributed by atoms with Crippen molar-refractivity contribution in [1.29, 1.82) is 0 Å². The van der Waals surface area contributed by atoms with Gasteiger partial charge >= 0.3 is 12.4 Å². The summed E-state index contributed by atoms with van der Waals surface area (Å²) in [6, 6.07) is 14.8. The second-order valence-electron chi connectivity index (χ2n) is 9.86. The SMILES string of the molecule is Cc1ccnc(NC(=O)CCC(Cc2ccc3ccccc3c2)N(C)C(=O)c2cc(C(F)(F)F)cc(C(F)(F)F)c2)n1. The van der Waals surface area contributed by atoms with Crippen molar-refractivity contribution in [3.05, 3.63) is 101 Å². The largest absolute Gasteiger partial charge is 0.416 e. The predicted octanol–water partition coefficient (Wildman–Crippen LogP) is 7.08. The first-order valence-electron chi connectivity index (χ1n) is 12.8. The third kappa shape index (κ3) is 7.62. The molecule has 4 aromatic rings. The summed E-state index contributed by atoms with van der Waals surface area (Å²) in [7, 11) is 1.29. The van der Waals surface area contributed by atoms with Crippen LogP contribution in [0.3, 0.4) is 0 Å². The maximum absolute atomic E-state index is 13.4. The quantitative estimate of drug-likeness (QED) is 0.223. The lowest BCUT2D eigenvalue weighted by atomic mass is 9.97. The van der Waals surface area contributed by atoms with Crippen LogP contribution in [0.5, 0.6) is 0 Å². The highest BCUT2D eigenvalue weighted by molar-refractivity contribution is 5.95. The lowest BCUT2D eigenvalue weighted by Crippen LogP contribution is -2.39. The third-order valence-electron chi connectivity index (χ3n) is 6.74. The van der Waals surface area contributed by atoms with Gasteiger partial charge in [-0.1, -0.05) is 42.5 Å². The Bertz CT molecular complexity index is 1570. The van der Waals surface area contributed by atoms with E-state index >= 15 is 0 Å². The molecular formula is C30H26F6N4O2. The van der Waals surface area contributed by atoms with Crippen molar-refractivity contribution >= 4 is 28.5 Å². The van der Waals surface area contributed by atoms with Crippen LogP contribution in [0.25, 0.3) is 10.8 Å². The number of hydrogen-bond acceptors (Lipinski definition) is 4. The highest BCUT2D eigenvalue weighted by Gasteiger charge is 2.38. The van der Waals surface area contributed by atoms with Crippen LogP contribution in [-0.4, -0.2) is 39.8 Å². The molecule has 1 N–H and O–H groups in total. The van der Waals surface area contributed by atoms with Gasteiger partial charge in [-0.3, -0.25) is 14.9 Å². The van der Waals surface area contributed by atoms with Crippen molar-refractivity contribution in [2.24, 2.45) is 0 Å². The van der Waals surface area contributed by atoms with Crippen LogP contribution in [-0.2, 0) is 23.6 Å². The summed E-state index contributed by atoms with van der Waals surface area (Å²) in [5, 5.41) is 4.43. The van der Waals surface area contributed by atoms with E-state index in [4.69, 9.17) is 0 Å². The molecule has 4 rings (SSSR count). The number of nitrogens with zero attached hydrogens (tertiary/aromatic N) is 3. The van der Waals surface area contributed by atoms with E-state index in [0.717, 1.165) is 21.2 Å². The van der Waals surface area contributed by atoms with Gasteiger partial charge in [-0.05, 0) is 60.4 Å². The van der Waals surface area contributed by atoms with Crippen LogP contribution in [0.4, 0.5) is 32.3 Å². The smallest absolute Gasteiger partial charge is 0.338 e. The van der Waals surface area contributed by atoms with Crippen LogP contribution in [0.2, 0.25) is 0 Å². The molecule has 12 heteroatoms. The van der Waals surface area contributed by atoms with Crippen molar-refractivity contribution in [2.45, 2.75) is 44.6 Å². The number of nitrogens with one attached hydrogen (secondary N) is 1. The fourth-order valence-corrected chi connectivity index (χ4v) is 4.51. The fourth-order valence-electron chi connectivity index (χ4n) is 4.51. The first-order chi connectivity index (χ1) is 19.7. The van der Waals surface area contributed by atoms with E-state index in [1.807, 2.05) is 42.5 Å². The van der Waals surface area contributed by atoms with E-state index in [9.17, 15) is 35.9 Å². The number of fused-ring (bicyclic) bond motifs is 1. The van der Waals surface area contributed by atoms with Crippen molar-refractivity contribution in [2.75, 3.05) is 12.4 Å². The van der Waals surface area contributed by atoms with Gasteiger partial charge in [0, 0.05) is 37.0 Å². The summed E-state index contributed by atoms with van der Waals surface area (Å²) in [5.41, 5.74) is -2.55. The summed E-state index contributed by atoms with van der Waals surface area (Å²) in [4.78, 5) is 35.2. The van der Waals surface area contributed by atoms with Crippen molar-refractivity contribution in [1.82, 2.24) is 14.9 Å². The molecule has 6 nitrogen and oxygen atoms in total. The number of anilines is 1. The maximum atomic E-state index is 13.4. The molecule has 0 saturated carbocycles. The minimum Gasteiger partial charge on any atom is -0.338 e. The van der Waals surface area contributed by atoms with Gasteiger partial charge in [0.1, 0.15) is 0 Å². The van der Waals surface area contributed by atoms with E-state index in [1.54, 1.807) is 13.0 Å². The summed E-state index contributed by atoms with van der Waals surface area (Å²) in [5.74, 6) is -1.43. The lowest BCUT2D eigenvalue weighted by Gasteiger charge is -2.29. The molecule has 42 heavy (non-hydrogen) atoms. The monoisotopic (exact) mass is 588 g/mol. The minimum atomic E-state index is -5.10. The highest BCUT2D eigenvalue weighted by atomic mass is 19.4. The molecule has 1 aromatic heterocycles. The van der Waals surface area contributed by atoms with Gasteiger partial charge in [-0.2, -0.15) is 26.3 Å². The Morgan fingerprint density at radius 3 is 2.14 bits per heavy atom. The van der Waals surface area contributed by atoms with E-state index in [-0.39, 0.29) is 31.3 Å². The number of alkyl halides is 6. The molecule has 2 amide bonds. The van der Waals surface area contributed by atoms with Crippen LogP contribution >= 0.6 is 0 Å². The summed E-state index contributed by atoms with van der Waals surface area (Å²) in [6.45, 7) is 1.72. The molecule has 0 aliphatic heterocycles. The molecule has 220 valence electrons. The molecule has 1 atom stereocenters. The number of amides is 2. The van der Waals surface area contributed by atoms with Crippen LogP contribution in [0.15, 0.2) is 72.9 Å². The van der Waals surface area contributed by atoms with E-state index in [0.29, 0.717) is 17.8 Å². The number of rotatable bonds is 8. The van der Waals surface area contributed by atoms with Gasteiger partial charge in [-0.25, -0.2) is 9.97 Å². The fraction of sp³-hybridized carbons (Fsp3) is 0.267. The average molecular weight is 589 g/mol. The van der Waals surface area contributed by atoms with Gasteiger partial charge in [0.2, 0.25) is 11.9 Å². The van der Waals surface area contributed by atoms with Gasteiger partial charge in [-0.15, -0.1) is 0 Å². The summed E-state index contributed by atoms with van der Waals surface area (Å²) in [6.07, 6.45) is -8.62. The zero-order valence-corrected chi connectivity index (χ0v) is 22.6. The molecule has 1 heterocycles. The molecule has 1 unspecified atom stereocenters. The maximum Gasteiger partial charge on any atom is 0.416 e. The Labute approximate surface area is 237 Å². The van der Waals surface area contributed by atoms with Crippen molar-refractivity contribution in [3.63, 3.8) is 0 Å². The van der Waals surface area contributed by atoms with Gasteiger partial charge in [0.05, 0.1) is 11.1 Å². The summed E-state index contributed by atoms with van der Waals surface area (Å²) >= 11 is 0. The Hall–Kier alpha value is -4.48. The van der Waals surface area contributed by atoms with Gasteiger partial charge in [0.25, 0.3) is 5.91 Å². The van der Waals surface area contributed by atoms with Crippen molar-refractivity contribution in [3.8, 4) is 0 Å². The summed E-state index contributed by atoms with van der Waals surface area (Å²) < 4.78 is 80.6. The molecule has 0 spiro atoms. The Morgan fingerprint density at radius 2 is 1.52 bits per heavy atom. The number of carbonyl (C=O) groups excluding carboxylic acids is 2. The molecule has 0 fully saturated rings. The number of carbonyl (C=O) groups is 2. The first-order valence-corrected chi connectivity index (χ1v) is 12.8.